The molecule has 0 aliphatic heterocycles. The fourth-order valence-electron chi connectivity index (χ4n) is 2.66. The second kappa shape index (κ2) is 4.12. The van der Waals surface area contributed by atoms with Crippen LogP contribution in [0.1, 0.15) is 23.5 Å². The molecule has 1 saturated carbocycles. The molecule has 18 heavy (non-hydrogen) atoms. The molecule has 3 rings (SSSR count). The molecule has 0 aromatic heterocycles. The van der Waals surface area contributed by atoms with Crippen molar-refractivity contribution in [3.05, 3.63) is 35.4 Å². The summed E-state index contributed by atoms with van der Waals surface area (Å²) >= 11 is 0. The monoisotopic (exact) mass is 245 g/mol. The van der Waals surface area contributed by atoms with E-state index in [2.05, 4.69) is 17.4 Å². The molecular formula is C14H15NO3. The molecule has 94 valence electrons. The van der Waals surface area contributed by atoms with Crippen molar-refractivity contribution in [3.8, 4) is 0 Å². The minimum atomic E-state index is -0.857. The topological polar surface area (TPSA) is 66.4 Å². The summed E-state index contributed by atoms with van der Waals surface area (Å²) in [4.78, 5) is 22.4. The number of nitrogens with one attached hydrogen (secondary N) is 1. The summed E-state index contributed by atoms with van der Waals surface area (Å²) in [5.74, 6) is -1.33. The molecule has 2 aliphatic rings. The third-order valence-corrected chi connectivity index (χ3v) is 3.93. The maximum absolute atomic E-state index is 11.7. The van der Waals surface area contributed by atoms with Crippen molar-refractivity contribution in [2.75, 3.05) is 6.54 Å². The van der Waals surface area contributed by atoms with Crippen LogP contribution in [0, 0.1) is 11.8 Å². The van der Waals surface area contributed by atoms with Gasteiger partial charge in [-0.2, -0.15) is 0 Å². The van der Waals surface area contributed by atoms with Gasteiger partial charge in [-0.05, 0) is 24.0 Å². The van der Waals surface area contributed by atoms with Gasteiger partial charge in [0.2, 0.25) is 5.91 Å². The molecule has 3 atom stereocenters. The standard InChI is InChI=1S/C14H15NO3/c16-13(11-6-12(11)14(17)18)15-7-9-5-8-3-1-2-4-10(8)9/h1-4,9,11-12H,5-7H2,(H,15,16)(H,17,18). The van der Waals surface area contributed by atoms with E-state index in [9.17, 15) is 9.59 Å². The largest absolute Gasteiger partial charge is 0.481 e. The molecule has 4 heteroatoms. The molecular weight excluding hydrogens is 230 g/mol. The highest BCUT2D eigenvalue weighted by Gasteiger charge is 2.48. The molecule has 3 unspecified atom stereocenters. The maximum Gasteiger partial charge on any atom is 0.307 e. The average Bonchev–Trinajstić information content (AvgIpc) is 3.10. The first kappa shape index (κ1) is 11.3. The van der Waals surface area contributed by atoms with Crippen molar-refractivity contribution in [2.45, 2.75) is 18.8 Å². The van der Waals surface area contributed by atoms with E-state index in [0.717, 1.165) is 6.42 Å². The number of fused-ring (bicyclic) bond motifs is 1. The Morgan fingerprint density at radius 1 is 1.28 bits per heavy atom. The molecule has 0 bridgehead atoms. The summed E-state index contributed by atoms with van der Waals surface area (Å²) in [6, 6.07) is 8.23. The Morgan fingerprint density at radius 3 is 2.72 bits per heavy atom. The zero-order valence-electron chi connectivity index (χ0n) is 9.93. The first-order valence-corrected chi connectivity index (χ1v) is 6.25. The number of aliphatic carboxylic acids is 1. The smallest absolute Gasteiger partial charge is 0.307 e. The van der Waals surface area contributed by atoms with Crippen molar-refractivity contribution in [3.63, 3.8) is 0 Å². The summed E-state index contributed by atoms with van der Waals surface area (Å²) < 4.78 is 0. The van der Waals surface area contributed by atoms with Gasteiger partial charge in [-0.1, -0.05) is 24.3 Å². The number of carboxylic acids is 1. The number of carbonyl (C=O) groups is 2. The number of rotatable bonds is 4. The Hall–Kier alpha value is -1.84. The fraction of sp³-hybridized carbons (Fsp3) is 0.429. The Bertz CT molecular complexity index is 512. The van der Waals surface area contributed by atoms with Gasteiger partial charge < -0.3 is 10.4 Å². The normalized spacial score (nSPS) is 27.9. The van der Waals surface area contributed by atoms with Gasteiger partial charge in [0.05, 0.1) is 11.8 Å². The fourth-order valence-corrected chi connectivity index (χ4v) is 2.66. The number of hydrogen-bond donors (Lipinski definition) is 2. The quantitative estimate of drug-likeness (QED) is 0.836. The van der Waals surface area contributed by atoms with Crippen LogP contribution in [-0.2, 0) is 16.0 Å². The predicted octanol–water partition coefficient (Wildman–Crippen LogP) is 1.16. The summed E-state index contributed by atoms with van der Waals surface area (Å²) in [6.07, 6.45) is 1.49. The average molecular weight is 245 g/mol. The zero-order chi connectivity index (χ0) is 12.7. The van der Waals surface area contributed by atoms with Crippen LogP contribution in [0.3, 0.4) is 0 Å². The minimum Gasteiger partial charge on any atom is -0.481 e. The Morgan fingerprint density at radius 2 is 2.06 bits per heavy atom. The summed E-state index contributed by atoms with van der Waals surface area (Å²) in [7, 11) is 0. The summed E-state index contributed by atoms with van der Waals surface area (Å²) in [5, 5.41) is 11.6. The first-order valence-electron chi connectivity index (χ1n) is 6.25. The molecule has 0 radical (unpaired) electrons. The molecule has 1 aromatic rings. The van der Waals surface area contributed by atoms with Gasteiger partial charge in [0.15, 0.2) is 0 Å². The number of carbonyl (C=O) groups excluding carboxylic acids is 1. The minimum absolute atomic E-state index is 0.105. The van der Waals surface area contributed by atoms with E-state index in [1.807, 2.05) is 12.1 Å². The van der Waals surface area contributed by atoms with Crippen LogP contribution >= 0.6 is 0 Å². The molecule has 1 fully saturated rings. The van der Waals surface area contributed by atoms with E-state index in [4.69, 9.17) is 5.11 Å². The van der Waals surface area contributed by atoms with Gasteiger partial charge in [-0.3, -0.25) is 9.59 Å². The van der Waals surface area contributed by atoms with Gasteiger partial charge in [0.25, 0.3) is 0 Å². The van der Waals surface area contributed by atoms with Crippen molar-refractivity contribution in [1.82, 2.24) is 5.32 Å². The van der Waals surface area contributed by atoms with Crippen LogP contribution in [0.4, 0.5) is 0 Å². The Balaban J connectivity index is 1.50. The first-order chi connectivity index (χ1) is 8.66. The van der Waals surface area contributed by atoms with Crippen LogP contribution in [0.15, 0.2) is 24.3 Å². The third-order valence-electron chi connectivity index (χ3n) is 3.93. The van der Waals surface area contributed by atoms with Crippen LogP contribution in [0.5, 0.6) is 0 Å². The zero-order valence-corrected chi connectivity index (χ0v) is 9.93. The van der Waals surface area contributed by atoms with Crippen molar-refractivity contribution in [2.24, 2.45) is 11.8 Å². The number of amides is 1. The van der Waals surface area contributed by atoms with Gasteiger partial charge in [0.1, 0.15) is 0 Å². The van der Waals surface area contributed by atoms with E-state index >= 15 is 0 Å². The predicted molar refractivity (Wildman–Crippen MR) is 65.1 cm³/mol. The molecule has 2 N–H and O–H groups in total. The second-order valence-corrected chi connectivity index (χ2v) is 5.13. The summed E-state index contributed by atoms with van der Waals surface area (Å²) in [5.41, 5.74) is 2.66. The van der Waals surface area contributed by atoms with Crippen LogP contribution in [0.25, 0.3) is 0 Å². The van der Waals surface area contributed by atoms with Gasteiger partial charge in [0, 0.05) is 12.5 Å². The lowest BCUT2D eigenvalue weighted by Gasteiger charge is -2.30. The molecule has 0 spiro atoms. The number of benzene rings is 1. The molecule has 0 heterocycles. The lowest BCUT2D eigenvalue weighted by molar-refractivity contribution is -0.140. The van der Waals surface area contributed by atoms with E-state index in [-0.39, 0.29) is 11.8 Å². The second-order valence-electron chi connectivity index (χ2n) is 5.13. The van der Waals surface area contributed by atoms with E-state index in [0.29, 0.717) is 18.9 Å². The van der Waals surface area contributed by atoms with Crippen LogP contribution < -0.4 is 5.32 Å². The lowest BCUT2D eigenvalue weighted by Crippen LogP contribution is -2.34. The van der Waals surface area contributed by atoms with Crippen LogP contribution in [0.2, 0.25) is 0 Å². The van der Waals surface area contributed by atoms with Crippen molar-refractivity contribution < 1.29 is 14.7 Å². The Labute approximate surface area is 105 Å². The van der Waals surface area contributed by atoms with Gasteiger partial charge in [-0.15, -0.1) is 0 Å². The highest BCUT2D eigenvalue weighted by Crippen LogP contribution is 2.39. The maximum atomic E-state index is 11.7. The molecule has 0 saturated heterocycles. The van der Waals surface area contributed by atoms with Gasteiger partial charge >= 0.3 is 5.97 Å². The van der Waals surface area contributed by atoms with Gasteiger partial charge in [-0.25, -0.2) is 0 Å². The SMILES string of the molecule is O=C(O)C1CC1C(=O)NCC1Cc2ccccc21. The lowest BCUT2D eigenvalue weighted by atomic mass is 9.77. The molecule has 1 amide bonds. The highest BCUT2D eigenvalue weighted by molar-refractivity contribution is 5.89. The van der Waals surface area contributed by atoms with E-state index in [1.54, 1.807) is 0 Å². The number of carboxylic acid groups (broad SMARTS) is 1. The number of hydrogen-bond acceptors (Lipinski definition) is 2. The Kier molecular flexibility index (Phi) is 2.58. The third kappa shape index (κ3) is 1.88. The highest BCUT2D eigenvalue weighted by atomic mass is 16.4. The van der Waals surface area contributed by atoms with Crippen molar-refractivity contribution in [1.29, 1.82) is 0 Å². The van der Waals surface area contributed by atoms with Crippen LogP contribution in [-0.4, -0.2) is 23.5 Å². The molecule has 1 aromatic carbocycles. The van der Waals surface area contributed by atoms with E-state index < -0.39 is 11.9 Å². The summed E-state index contributed by atoms with van der Waals surface area (Å²) in [6.45, 7) is 0.624. The van der Waals surface area contributed by atoms with Crippen molar-refractivity contribution >= 4 is 11.9 Å². The molecule has 4 nitrogen and oxygen atoms in total. The van der Waals surface area contributed by atoms with E-state index in [1.165, 1.54) is 11.1 Å². The molecule has 2 aliphatic carbocycles.